The van der Waals surface area contributed by atoms with E-state index in [-0.39, 0.29) is 0 Å². The molecule has 262 valence electrons. The molecule has 0 spiro atoms. The highest BCUT2D eigenvalue weighted by Crippen LogP contribution is 2.36. The van der Waals surface area contributed by atoms with Gasteiger partial charge in [0.05, 0.1) is 0 Å². The third-order valence-electron chi connectivity index (χ3n) is 10.6. The maximum absolute atomic E-state index is 5.22. The van der Waals surface area contributed by atoms with Crippen LogP contribution in [0.1, 0.15) is 18.4 Å². The highest BCUT2D eigenvalue weighted by atomic mass is 15.0. The van der Waals surface area contributed by atoms with Crippen molar-refractivity contribution in [3.8, 4) is 67.5 Å². The molecule has 0 radical (unpaired) electrons. The molecule has 1 heterocycles. The molecule has 1 aromatic heterocycles. The Balaban J connectivity index is 1.07. The van der Waals surface area contributed by atoms with Crippen molar-refractivity contribution in [1.29, 1.82) is 0 Å². The van der Waals surface area contributed by atoms with Gasteiger partial charge in [0.2, 0.25) is 0 Å². The highest BCUT2D eigenvalue weighted by molar-refractivity contribution is 5.93. The highest BCUT2D eigenvalue weighted by Gasteiger charge is 2.19. The summed E-state index contributed by atoms with van der Waals surface area (Å²) in [5.74, 6) is 1.88. The fraction of sp³-hybridized carbons (Fsp3) is 0.0377. The monoisotopic (exact) mass is 713 g/mol. The largest absolute Gasteiger partial charge is 0.208 e. The van der Waals surface area contributed by atoms with Gasteiger partial charge in [0.25, 0.3) is 0 Å². The zero-order chi connectivity index (χ0) is 37.3. The van der Waals surface area contributed by atoms with Crippen LogP contribution in [0.4, 0.5) is 0 Å². The number of rotatable bonds is 7. The molecule has 0 saturated heterocycles. The standard InChI is InChI=1S/C53H35N3/c1-3-15-37(16-4-1)47-22-9-11-24-49(47)52-54-51(55-53(56-52)50-25-12-10-23-48(50)38-17-5-2-6-18-38)46-21-13-20-40(35-46)41-28-29-45-34-44(31-30-43(45)33-41)42-27-26-36-14-7-8-19-39(36)32-42/h1-3,5,7-15,17,19-35H,4,16H2. The molecule has 0 aliphatic heterocycles. The van der Waals surface area contributed by atoms with E-state index in [9.17, 15) is 0 Å². The van der Waals surface area contributed by atoms with Gasteiger partial charge < -0.3 is 0 Å². The first kappa shape index (κ1) is 33.2. The average molecular weight is 714 g/mol. The lowest BCUT2D eigenvalue weighted by Crippen LogP contribution is -2.03. The van der Waals surface area contributed by atoms with Gasteiger partial charge in [0.15, 0.2) is 17.5 Å². The first-order valence-electron chi connectivity index (χ1n) is 19.1. The van der Waals surface area contributed by atoms with Crippen LogP contribution < -0.4 is 0 Å². The second-order valence-corrected chi connectivity index (χ2v) is 14.2. The van der Waals surface area contributed by atoms with E-state index in [2.05, 4.69) is 170 Å². The summed E-state index contributed by atoms with van der Waals surface area (Å²) in [4.78, 5) is 15.6. The Hall–Kier alpha value is -7.41. The van der Waals surface area contributed by atoms with Gasteiger partial charge in [-0.15, -0.1) is 0 Å². The Bertz CT molecular complexity index is 2980. The normalized spacial score (nSPS) is 12.4. The van der Waals surface area contributed by atoms with Gasteiger partial charge in [-0.25, -0.2) is 15.0 Å². The lowest BCUT2D eigenvalue weighted by molar-refractivity contribution is 1.05. The minimum Gasteiger partial charge on any atom is -0.208 e. The van der Waals surface area contributed by atoms with E-state index >= 15 is 0 Å². The van der Waals surface area contributed by atoms with Gasteiger partial charge in [0.1, 0.15) is 0 Å². The molecule has 0 amide bonds. The Kier molecular flexibility index (Phi) is 8.55. The zero-order valence-electron chi connectivity index (χ0n) is 30.7. The summed E-state index contributed by atoms with van der Waals surface area (Å²) in [6.45, 7) is 0. The molecule has 1 aliphatic carbocycles. The van der Waals surface area contributed by atoms with E-state index in [4.69, 9.17) is 15.0 Å². The van der Waals surface area contributed by atoms with Crippen LogP contribution in [-0.2, 0) is 0 Å². The number of aromatic nitrogens is 3. The number of hydrogen-bond acceptors (Lipinski definition) is 3. The summed E-state index contributed by atoms with van der Waals surface area (Å²) >= 11 is 0. The fourth-order valence-electron chi connectivity index (χ4n) is 7.77. The summed E-state index contributed by atoms with van der Waals surface area (Å²) in [6.07, 6.45) is 8.55. The SMILES string of the molecule is c1cccc(-c2ccccc2-c2nc(-c3cccc(-c4ccc5cc(-c6ccc7ccccc7c6)ccc5c4)c3)nc(-c3ccccc3C3=CC=CCC3)n2)c#1. The average Bonchev–Trinajstić information content (AvgIpc) is 3.29. The summed E-state index contributed by atoms with van der Waals surface area (Å²) in [7, 11) is 0. The van der Waals surface area contributed by atoms with Gasteiger partial charge in [-0.3, -0.25) is 0 Å². The molecule has 8 aromatic carbocycles. The first-order chi connectivity index (χ1) is 27.7. The summed E-state index contributed by atoms with van der Waals surface area (Å²) in [6, 6.07) is 66.2. The maximum Gasteiger partial charge on any atom is 0.164 e. The molecule has 10 rings (SSSR count). The van der Waals surface area contributed by atoms with Crippen molar-refractivity contribution in [2.24, 2.45) is 0 Å². The predicted molar refractivity (Wildman–Crippen MR) is 231 cm³/mol. The Labute approximate surface area is 327 Å². The van der Waals surface area contributed by atoms with Crippen LogP contribution in [0.15, 0.2) is 188 Å². The van der Waals surface area contributed by atoms with Crippen LogP contribution in [0, 0.1) is 12.1 Å². The van der Waals surface area contributed by atoms with E-state index in [1.807, 2.05) is 30.3 Å². The van der Waals surface area contributed by atoms with Crippen molar-refractivity contribution in [2.75, 3.05) is 0 Å². The molecule has 0 N–H and O–H groups in total. The molecule has 9 aromatic rings. The van der Waals surface area contributed by atoms with Crippen molar-refractivity contribution >= 4 is 27.1 Å². The van der Waals surface area contributed by atoms with Crippen LogP contribution in [0.25, 0.3) is 94.7 Å². The van der Waals surface area contributed by atoms with Crippen molar-refractivity contribution < 1.29 is 0 Å². The number of allylic oxidation sites excluding steroid dienone is 4. The van der Waals surface area contributed by atoms with Crippen LogP contribution in [0.5, 0.6) is 0 Å². The van der Waals surface area contributed by atoms with Crippen molar-refractivity contribution in [2.45, 2.75) is 12.8 Å². The second-order valence-electron chi connectivity index (χ2n) is 14.2. The number of benzene rings is 7. The van der Waals surface area contributed by atoms with Gasteiger partial charge in [-0.05, 0) is 104 Å². The molecule has 0 fully saturated rings. The number of fused-ring (bicyclic) bond motifs is 2. The predicted octanol–water partition coefficient (Wildman–Crippen LogP) is 13.5. The van der Waals surface area contributed by atoms with E-state index < -0.39 is 0 Å². The Morgan fingerprint density at radius 3 is 1.62 bits per heavy atom. The molecule has 3 heteroatoms. The van der Waals surface area contributed by atoms with Crippen molar-refractivity contribution in [3.05, 3.63) is 206 Å². The zero-order valence-corrected chi connectivity index (χ0v) is 30.7. The van der Waals surface area contributed by atoms with Crippen LogP contribution in [-0.4, -0.2) is 15.0 Å². The van der Waals surface area contributed by atoms with Crippen molar-refractivity contribution in [1.82, 2.24) is 15.0 Å². The fourth-order valence-corrected chi connectivity index (χ4v) is 7.77. The molecular weight excluding hydrogens is 679 g/mol. The smallest absolute Gasteiger partial charge is 0.164 e. The minimum absolute atomic E-state index is 0.614. The summed E-state index contributed by atoms with van der Waals surface area (Å²) < 4.78 is 0. The van der Waals surface area contributed by atoms with Crippen molar-refractivity contribution in [3.63, 3.8) is 0 Å². The molecule has 0 saturated carbocycles. The van der Waals surface area contributed by atoms with Gasteiger partial charge >= 0.3 is 0 Å². The molecule has 0 atom stereocenters. The third kappa shape index (κ3) is 6.44. The van der Waals surface area contributed by atoms with E-state index in [1.54, 1.807) is 0 Å². The lowest BCUT2D eigenvalue weighted by atomic mass is 9.93. The minimum atomic E-state index is 0.614. The first-order valence-corrected chi connectivity index (χ1v) is 19.1. The third-order valence-corrected chi connectivity index (χ3v) is 10.6. The van der Waals surface area contributed by atoms with Gasteiger partial charge in [-0.2, -0.15) is 0 Å². The summed E-state index contributed by atoms with van der Waals surface area (Å²) in [5.41, 5.74) is 11.9. The second kappa shape index (κ2) is 14.4. The summed E-state index contributed by atoms with van der Waals surface area (Å²) in [5, 5.41) is 4.90. The van der Waals surface area contributed by atoms with E-state index in [1.165, 1.54) is 38.2 Å². The topological polar surface area (TPSA) is 38.7 Å². The molecule has 1 aliphatic rings. The Morgan fingerprint density at radius 1 is 0.411 bits per heavy atom. The Morgan fingerprint density at radius 2 is 0.964 bits per heavy atom. The van der Waals surface area contributed by atoms with Crippen LogP contribution in [0.3, 0.4) is 0 Å². The van der Waals surface area contributed by atoms with Crippen LogP contribution in [0.2, 0.25) is 0 Å². The van der Waals surface area contributed by atoms with Gasteiger partial charge in [-0.1, -0.05) is 164 Å². The quantitative estimate of drug-likeness (QED) is 0.165. The number of hydrogen-bond donors (Lipinski definition) is 0. The molecule has 0 bridgehead atoms. The molecular formula is C53H35N3. The van der Waals surface area contributed by atoms with E-state index in [0.29, 0.717) is 17.5 Å². The molecule has 0 unspecified atom stereocenters. The lowest BCUT2D eigenvalue weighted by Gasteiger charge is -2.16. The molecule has 56 heavy (non-hydrogen) atoms. The van der Waals surface area contributed by atoms with E-state index in [0.717, 1.165) is 57.3 Å². The number of nitrogens with zero attached hydrogens (tertiary/aromatic N) is 3. The van der Waals surface area contributed by atoms with Crippen LogP contribution >= 0.6 is 0 Å². The molecule has 3 nitrogen and oxygen atoms in total. The van der Waals surface area contributed by atoms with Gasteiger partial charge in [0, 0.05) is 27.8 Å². The maximum atomic E-state index is 5.22.